The van der Waals surface area contributed by atoms with E-state index in [2.05, 4.69) is 17.9 Å². The van der Waals surface area contributed by atoms with Crippen LogP contribution in [0.25, 0.3) is 0 Å². The molecule has 0 aliphatic carbocycles. The lowest BCUT2D eigenvalue weighted by Gasteiger charge is -2.35. The first-order valence-electron chi connectivity index (χ1n) is 6.76. The van der Waals surface area contributed by atoms with Gasteiger partial charge in [0.25, 0.3) is 0 Å². The number of rotatable bonds is 3. The Labute approximate surface area is 108 Å². The van der Waals surface area contributed by atoms with Crippen molar-refractivity contribution in [3.05, 3.63) is 0 Å². The summed E-state index contributed by atoms with van der Waals surface area (Å²) in [7, 11) is 0. The van der Waals surface area contributed by atoms with Crippen molar-refractivity contribution >= 4 is 5.91 Å². The van der Waals surface area contributed by atoms with E-state index in [0.29, 0.717) is 13.2 Å². The molecule has 2 aliphatic heterocycles. The minimum absolute atomic E-state index is 0.0533. The summed E-state index contributed by atoms with van der Waals surface area (Å²) in [5.41, 5.74) is 0. The van der Waals surface area contributed by atoms with Crippen molar-refractivity contribution in [3.63, 3.8) is 0 Å². The number of hydrogen-bond acceptors (Lipinski definition) is 4. The summed E-state index contributed by atoms with van der Waals surface area (Å²) in [4.78, 5) is 16.4. The van der Waals surface area contributed by atoms with Crippen LogP contribution in [0.5, 0.6) is 0 Å². The number of nitriles is 1. The highest BCUT2D eigenvalue weighted by molar-refractivity contribution is 5.79. The van der Waals surface area contributed by atoms with E-state index in [1.807, 2.05) is 4.90 Å². The van der Waals surface area contributed by atoms with Crippen LogP contribution in [0, 0.1) is 17.2 Å². The van der Waals surface area contributed by atoms with Crippen LogP contribution in [0.2, 0.25) is 0 Å². The van der Waals surface area contributed by atoms with E-state index in [-0.39, 0.29) is 17.9 Å². The van der Waals surface area contributed by atoms with E-state index in [4.69, 9.17) is 10.00 Å². The Bertz CT molecular complexity index is 332. The zero-order valence-corrected chi connectivity index (χ0v) is 11.0. The average molecular weight is 251 g/mol. The predicted octanol–water partition coefficient (Wildman–Crippen LogP) is 0.469. The maximum atomic E-state index is 12.4. The number of hydrogen-bond donors (Lipinski definition) is 0. The molecule has 2 saturated heterocycles. The van der Waals surface area contributed by atoms with Crippen molar-refractivity contribution < 1.29 is 9.53 Å². The smallest absolute Gasteiger partial charge is 0.228 e. The van der Waals surface area contributed by atoms with Gasteiger partial charge in [-0.25, -0.2) is 0 Å². The van der Waals surface area contributed by atoms with Crippen molar-refractivity contribution in [2.24, 2.45) is 5.92 Å². The molecule has 2 unspecified atom stereocenters. The van der Waals surface area contributed by atoms with E-state index in [1.54, 1.807) is 0 Å². The van der Waals surface area contributed by atoms with Gasteiger partial charge >= 0.3 is 0 Å². The van der Waals surface area contributed by atoms with Crippen LogP contribution in [0.4, 0.5) is 0 Å². The molecule has 2 aliphatic rings. The van der Waals surface area contributed by atoms with Crippen molar-refractivity contribution in [2.75, 3.05) is 39.3 Å². The SMILES string of the molecule is CCC1OCCC1C(=O)N1CCN(CC#N)CC1. The zero-order valence-electron chi connectivity index (χ0n) is 11.0. The summed E-state index contributed by atoms with van der Waals surface area (Å²) in [6.45, 7) is 6.35. The molecule has 0 N–H and O–H groups in total. The fraction of sp³-hybridized carbons (Fsp3) is 0.846. The molecule has 1 amide bonds. The largest absolute Gasteiger partial charge is 0.377 e. The molecule has 2 atom stereocenters. The van der Waals surface area contributed by atoms with Gasteiger partial charge in [0.15, 0.2) is 0 Å². The van der Waals surface area contributed by atoms with Gasteiger partial charge in [0.2, 0.25) is 5.91 Å². The monoisotopic (exact) mass is 251 g/mol. The van der Waals surface area contributed by atoms with Crippen LogP contribution in [0.1, 0.15) is 19.8 Å². The molecule has 2 rings (SSSR count). The fourth-order valence-corrected chi connectivity index (χ4v) is 2.79. The molecule has 0 bridgehead atoms. The predicted molar refractivity (Wildman–Crippen MR) is 66.8 cm³/mol. The van der Waals surface area contributed by atoms with Crippen molar-refractivity contribution in [1.82, 2.24) is 9.80 Å². The molecule has 5 nitrogen and oxygen atoms in total. The normalized spacial score (nSPS) is 29.2. The molecule has 2 fully saturated rings. The lowest BCUT2D eigenvalue weighted by Crippen LogP contribution is -2.51. The fourth-order valence-electron chi connectivity index (χ4n) is 2.79. The third kappa shape index (κ3) is 2.82. The van der Waals surface area contributed by atoms with E-state index < -0.39 is 0 Å². The lowest BCUT2D eigenvalue weighted by atomic mass is 9.97. The number of carbonyl (C=O) groups excluding carboxylic acids is 1. The van der Waals surface area contributed by atoms with Gasteiger partial charge in [-0.05, 0) is 12.8 Å². The number of carbonyl (C=O) groups is 1. The Morgan fingerprint density at radius 3 is 2.72 bits per heavy atom. The molecule has 0 saturated carbocycles. The molecular formula is C13H21N3O2. The van der Waals surface area contributed by atoms with Gasteiger partial charge < -0.3 is 9.64 Å². The summed E-state index contributed by atoms with van der Waals surface area (Å²) < 4.78 is 5.59. The zero-order chi connectivity index (χ0) is 13.0. The highest BCUT2D eigenvalue weighted by Crippen LogP contribution is 2.25. The van der Waals surface area contributed by atoms with E-state index in [9.17, 15) is 4.79 Å². The molecule has 5 heteroatoms. The Morgan fingerprint density at radius 1 is 1.39 bits per heavy atom. The summed E-state index contributed by atoms with van der Waals surface area (Å²) in [6.07, 6.45) is 1.87. The summed E-state index contributed by atoms with van der Waals surface area (Å²) in [6, 6.07) is 2.16. The van der Waals surface area contributed by atoms with Crippen molar-refractivity contribution in [1.29, 1.82) is 5.26 Å². The average Bonchev–Trinajstić information content (AvgIpc) is 2.87. The minimum Gasteiger partial charge on any atom is -0.377 e. The number of nitrogens with zero attached hydrogens (tertiary/aromatic N) is 3. The second-order valence-electron chi connectivity index (χ2n) is 4.97. The van der Waals surface area contributed by atoms with Gasteiger partial charge in [-0.15, -0.1) is 0 Å². The Morgan fingerprint density at radius 2 is 2.11 bits per heavy atom. The standard InChI is InChI=1S/C13H21N3O2/c1-2-12-11(3-10-18-12)13(17)16-8-6-15(5-4-14)7-9-16/h11-12H,2-3,5-10H2,1H3. The van der Waals surface area contributed by atoms with E-state index >= 15 is 0 Å². The molecule has 100 valence electrons. The highest BCUT2D eigenvalue weighted by Gasteiger charge is 2.36. The molecule has 0 aromatic carbocycles. The van der Waals surface area contributed by atoms with Crippen molar-refractivity contribution in [3.8, 4) is 6.07 Å². The maximum absolute atomic E-state index is 12.4. The summed E-state index contributed by atoms with van der Waals surface area (Å²) in [5, 5.41) is 8.64. The second kappa shape index (κ2) is 6.17. The van der Waals surface area contributed by atoms with Gasteiger partial charge in [-0.2, -0.15) is 5.26 Å². The van der Waals surface area contributed by atoms with E-state index in [0.717, 1.165) is 39.0 Å². The summed E-state index contributed by atoms with van der Waals surface area (Å²) in [5.74, 6) is 0.300. The number of amides is 1. The minimum atomic E-state index is 0.0533. The second-order valence-corrected chi connectivity index (χ2v) is 4.97. The molecular weight excluding hydrogens is 230 g/mol. The third-order valence-electron chi connectivity index (χ3n) is 3.91. The first kappa shape index (κ1) is 13.3. The Balaban J connectivity index is 1.86. The van der Waals surface area contributed by atoms with Gasteiger partial charge in [-0.1, -0.05) is 6.92 Å². The van der Waals surface area contributed by atoms with Gasteiger partial charge in [0.1, 0.15) is 0 Å². The maximum Gasteiger partial charge on any atom is 0.228 e. The molecule has 0 spiro atoms. The first-order valence-corrected chi connectivity index (χ1v) is 6.76. The Kier molecular flexibility index (Phi) is 4.56. The van der Waals surface area contributed by atoms with Crippen molar-refractivity contribution in [2.45, 2.75) is 25.9 Å². The molecule has 18 heavy (non-hydrogen) atoms. The van der Waals surface area contributed by atoms with E-state index in [1.165, 1.54) is 0 Å². The van der Waals surface area contributed by atoms with Crippen LogP contribution in [-0.2, 0) is 9.53 Å². The van der Waals surface area contributed by atoms with Crippen LogP contribution >= 0.6 is 0 Å². The lowest BCUT2D eigenvalue weighted by molar-refractivity contribution is -0.139. The molecule has 0 radical (unpaired) electrons. The van der Waals surface area contributed by atoms with Crippen LogP contribution < -0.4 is 0 Å². The quantitative estimate of drug-likeness (QED) is 0.684. The van der Waals surface area contributed by atoms with Crippen LogP contribution in [0.15, 0.2) is 0 Å². The van der Waals surface area contributed by atoms with Gasteiger partial charge in [0.05, 0.1) is 24.6 Å². The van der Waals surface area contributed by atoms with Gasteiger partial charge in [-0.3, -0.25) is 9.69 Å². The summed E-state index contributed by atoms with van der Waals surface area (Å²) >= 11 is 0. The van der Waals surface area contributed by atoms with Gasteiger partial charge in [0, 0.05) is 32.8 Å². The molecule has 2 heterocycles. The molecule has 0 aromatic rings. The molecule has 0 aromatic heterocycles. The first-order chi connectivity index (χ1) is 8.76. The highest BCUT2D eigenvalue weighted by atomic mass is 16.5. The number of piperazine rings is 1. The third-order valence-corrected chi connectivity index (χ3v) is 3.91. The van der Waals surface area contributed by atoms with Crippen LogP contribution in [0.3, 0.4) is 0 Å². The number of ether oxygens (including phenoxy) is 1. The topological polar surface area (TPSA) is 56.6 Å². The Hall–Kier alpha value is -1.12. The van der Waals surface area contributed by atoms with Crippen LogP contribution in [-0.4, -0.2) is 61.1 Å².